The van der Waals surface area contributed by atoms with Gasteiger partial charge in [0.05, 0.1) is 22.1 Å². The highest BCUT2D eigenvalue weighted by Gasteiger charge is 2.21. The fraction of sp³-hybridized carbons (Fsp3) is 0. The van der Waals surface area contributed by atoms with Crippen LogP contribution in [0.3, 0.4) is 0 Å². The summed E-state index contributed by atoms with van der Waals surface area (Å²) in [6.45, 7) is 0. The second kappa shape index (κ2) is 10.8. The van der Waals surface area contributed by atoms with Crippen molar-refractivity contribution in [3.05, 3.63) is 182 Å². The Balaban J connectivity index is 1.17. The number of aromatic nitrogens is 2. The van der Waals surface area contributed by atoms with Gasteiger partial charge in [-0.3, -0.25) is 0 Å². The maximum atomic E-state index is 6.29. The monoisotopic (exact) mass is 650 g/mol. The summed E-state index contributed by atoms with van der Waals surface area (Å²) in [6, 6.07) is 65.5. The van der Waals surface area contributed by atoms with E-state index >= 15 is 0 Å². The highest BCUT2D eigenvalue weighted by Crippen LogP contribution is 2.44. The molecule has 0 aliphatic rings. The molecule has 0 unspecified atom stereocenters. The molecule has 3 heteroatoms. The third-order valence-corrected chi connectivity index (χ3v) is 10.5. The number of para-hydroxylation sites is 5. The van der Waals surface area contributed by atoms with Crippen LogP contribution in [0.5, 0.6) is 0 Å². The van der Waals surface area contributed by atoms with E-state index in [2.05, 4.69) is 179 Å². The number of nitrogens with zero attached hydrogens (tertiary/aromatic N) is 2. The normalized spacial score (nSPS) is 11.9. The van der Waals surface area contributed by atoms with Gasteiger partial charge < -0.3 is 13.6 Å². The first-order chi connectivity index (χ1) is 25.3. The smallest absolute Gasteiger partial charge is 0.136 e. The SMILES string of the molecule is c1ccc(-n2c3ccccc3c3c(-c4cccc5c6ccccc6n(-c6cccc(-c7ccc8c(c7)oc7ccccc78)c6)c45)cccc32)cc1. The molecule has 0 aliphatic carbocycles. The molecule has 3 heterocycles. The maximum Gasteiger partial charge on any atom is 0.136 e. The maximum absolute atomic E-state index is 6.29. The van der Waals surface area contributed by atoms with Crippen molar-refractivity contribution in [1.29, 1.82) is 0 Å². The summed E-state index contributed by atoms with van der Waals surface area (Å²) in [5.74, 6) is 0. The number of benzene rings is 8. The molecule has 11 aromatic rings. The van der Waals surface area contributed by atoms with E-state index in [9.17, 15) is 0 Å². The van der Waals surface area contributed by atoms with Gasteiger partial charge in [-0.1, -0.05) is 121 Å². The summed E-state index contributed by atoms with van der Waals surface area (Å²) in [4.78, 5) is 0. The van der Waals surface area contributed by atoms with Crippen molar-refractivity contribution >= 4 is 65.6 Å². The molecule has 0 fully saturated rings. The average molecular weight is 651 g/mol. The summed E-state index contributed by atoms with van der Waals surface area (Å²) < 4.78 is 11.1. The molecule has 0 N–H and O–H groups in total. The number of rotatable bonds is 4. The summed E-state index contributed by atoms with van der Waals surface area (Å²) in [5.41, 5.74) is 13.6. The third kappa shape index (κ3) is 4.12. The first-order valence-electron chi connectivity index (χ1n) is 17.4. The van der Waals surface area contributed by atoms with Gasteiger partial charge in [0.2, 0.25) is 0 Å². The Morgan fingerprint density at radius 1 is 0.333 bits per heavy atom. The Labute approximate surface area is 293 Å². The average Bonchev–Trinajstić information content (AvgIpc) is 3.86. The summed E-state index contributed by atoms with van der Waals surface area (Å²) in [6.07, 6.45) is 0. The molecule has 11 rings (SSSR count). The minimum atomic E-state index is 0.904. The quantitative estimate of drug-likeness (QED) is 0.186. The molecule has 3 nitrogen and oxygen atoms in total. The molecule has 238 valence electrons. The molecule has 51 heavy (non-hydrogen) atoms. The number of fused-ring (bicyclic) bond motifs is 9. The zero-order valence-electron chi connectivity index (χ0n) is 27.6. The summed E-state index contributed by atoms with van der Waals surface area (Å²) in [7, 11) is 0. The van der Waals surface area contributed by atoms with Crippen molar-refractivity contribution in [3.8, 4) is 33.6 Å². The van der Waals surface area contributed by atoms with Gasteiger partial charge in [-0.15, -0.1) is 0 Å². The van der Waals surface area contributed by atoms with Gasteiger partial charge >= 0.3 is 0 Å². The molecule has 0 radical (unpaired) electrons. The first-order valence-corrected chi connectivity index (χ1v) is 17.4. The fourth-order valence-electron chi connectivity index (χ4n) is 8.33. The van der Waals surface area contributed by atoms with Crippen molar-refractivity contribution in [1.82, 2.24) is 9.13 Å². The van der Waals surface area contributed by atoms with E-state index in [1.165, 1.54) is 54.7 Å². The molecule has 0 saturated carbocycles. The molecule has 0 atom stereocenters. The van der Waals surface area contributed by atoms with Crippen molar-refractivity contribution < 1.29 is 4.42 Å². The van der Waals surface area contributed by atoms with Crippen LogP contribution in [-0.2, 0) is 0 Å². The standard InChI is InChI=1S/C48H30N2O/c1-2-14-33(15-3-1)49-43-24-8-5-19-41(43)47-38(20-12-25-44(47)49)40-22-11-21-39-35-17-4-7-23-42(35)50(48(39)40)34-16-10-13-31(29-34)32-27-28-37-36-18-6-9-26-45(36)51-46(37)30-32/h1-30H. The molecule has 0 bridgehead atoms. The van der Waals surface area contributed by atoms with Crippen molar-refractivity contribution in [2.24, 2.45) is 0 Å². The van der Waals surface area contributed by atoms with Crippen LogP contribution in [0.2, 0.25) is 0 Å². The van der Waals surface area contributed by atoms with Gasteiger partial charge in [-0.25, -0.2) is 0 Å². The van der Waals surface area contributed by atoms with E-state index < -0.39 is 0 Å². The van der Waals surface area contributed by atoms with E-state index in [-0.39, 0.29) is 0 Å². The minimum Gasteiger partial charge on any atom is -0.456 e. The number of hydrogen-bond donors (Lipinski definition) is 0. The first kappa shape index (κ1) is 28.0. The topological polar surface area (TPSA) is 23.0 Å². The Morgan fingerprint density at radius 3 is 1.82 bits per heavy atom. The van der Waals surface area contributed by atoms with Crippen LogP contribution in [0, 0.1) is 0 Å². The molecule has 8 aromatic carbocycles. The van der Waals surface area contributed by atoms with Crippen LogP contribution >= 0.6 is 0 Å². The number of hydrogen-bond acceptors (Lipinski definition) is 1. The molecular formula is C48H30N2O. The zero-order chi connectivity index (χ0) is 33.5. The van der Waals surface area contributed by atoms with E-state index in [1.54, 1.807) is 0 Å². The van der Waals surface area contributed by atoms with E-state index in [0.717, 1.165) is 44.4 Å². The molecular weight excluding hydrogens is 621 g/mol. The van der Waals surface area contributed by atoms with Crippen LogP contribution in [0.15, 0.2) is 186 Å². The van der Waals surface area contributed by atoms with Gasteiger partial charge in [-0.05, 0) is 77.4 Å². The molecule has 0 saturated heterocycles. The van der Waals surface area contributed by atoms with Gasteiger partial charge in [0.15, 0.2) is 0 Å². The molecule has 0 aliphatic heterocycles. The minimum absolute atomic E-state index is 0.904. The second-order valence-electron chi connectivity index (χ2n) is 13.3. The van der Waals surface area contributed by atoms with Gasteiger partial charge in [0, 0.05) is 49.3 Å². The molecule has 3 aromatic heterocycles. The van der Waals surface area contributed by atoms with Crippen molar-refractivity contribution in [3.63, 3.8) is 0 Å². The Kier molecular flexibility index (Phi) is 5.96. The number of furan rings is 1. The summed E-state index contributed by atoms with van der Waals surface area (Å²) >= 11 is 0. The van der Waals surface area contributed by atoms with Gasteiger partial charge in [-0.2, -0.15) is 0 Å². The van der Waals surface area contributed by atoms with E-state index in [1.807, 2.05) is 12.1 Å². The van der Waals surface area contributed by atoms with Crippen LogP contribution < -0.4 is 0 Å². The van der Waals surface area contributed by atoms with Crippen molar-refractivity contribution in [2.75, 3.05) is 0 Å². The predicted octanol–water partition coefficient (Wildman–Crippen LogP) is 13.1. The van der Waals surface area contributed by atoms with Gasteiger partial charge in [0.25, 0.3) is 0 Å². The Bertz CT molecular complexity index is 3140. The lowest BCUT2D eigenvalue weighted by atomic mass is 9.97. The van der Waals surface area contributed by atoms with Crippen LogP contribution in [0.1, 0.15) is 0 Å². The van der Waals surface area contributed by atoms with Crippen LogP contribution in [0.25, 0.3) is 99.2 Å². The van der Waals surface area contributed by atoms with E-state index in [4.69, 9.17) is 4.42 Å². The van der Waals surface area contributed by atoms with Crippen molar-refractivity contribution in [2.45, 2.75) is 0 Å². The second-order valence-corrected chi connectivity index (χ2v) is 13.3. The molecule has 0 spiro atoms. The summed E-state index contributed by atoms with van der Waals surface area (Å²) in [5, 5.41) is 7.26. The predicted molar refractivity (Wildman–Crippen MR) is 213 cm³/mol. The lowest BCUT2D eigenvalue weighted by Gasteiger charge is -2.14. The highest BCUT2D eigenvalue weighted by molar-refractivity contribution is 6.20. The van der Waals surface area contributed by atoms with Gasteiger partial charge in [0.1, 0.15) is 11.2 Å². The molecule has 0 amide bonds. The zero-order valence-corrected chi connectivity index (χ0v) is 27.6. The van der Waals surface area contributed by atoms with Crippen LogP contribution in [0.4, 0.5) is 0 Å². The van der Waals surface area contributed by atoms with Crippen LogP contribution in [-0.4, -0.2) is 9.13 Å². The Morgan fingerprint density at radius 2 is 0.941 bits per heavy atom. The highest BCUT2D eigenvalue weighted by atomic mass is 16.3. The lowest BCUT2D eigenvalue weighted by Crippen LogP contribution is -1.96. The third-order valence-electron chi connectivity index (χ3n) is 10.5. The van der Waals surface area contributed by atoms with E-state index in [0.29, 0.717) is 0 Å². The largest absolute Gasteiger partial charge is 0.456 e. The fourth-order valence-corrected chi connectivity index (χ4v) is 8.33. The lowest BCUT2D eigenvalue weighted by molar-refractivity contribution is 0.669. The Hall–Kier alpha value is -6.84.